The molecule has 2 aromatic heterocycles. The Morgan fingerprint density at radius 3 is 2.58 bits per heavy atom. The van der Waals surface area contributed by atoms with Crippen LogP contribution in [0.15, 0.2) is 46.8 Å². The quantitative estimate of drug-likeness (QED) is 0.801. The average molecular weight is 392 g/mol. The molecule has 4 heterocycles. The van der Waals surface area contributed by atoms with Crippen LogP contribution in [-0.4, -0.2) is 57.1 Å². The van der Waals surface area contributed by atoms with Gasteiger partial charge in [0.15, 0.2) is 0 Å². The van der Waals surface area contributed by atoms with Crippen LogP contribution in [-0.2, 0) is 14.8 Å². The third kappa shape index (κ3) is 3.55. The predicted octanol–water partition coefficient (Wildman–Crippen LogP) is 2.46. The molecule has 26 heavy (non-hydrogen) atoms. The van der Waals surface area contributed by atoms with Crippen molar-refractivity contribution in [2.24, 2.45) is 0 Å². The fraction of sp³-hybridized carbons (Fsp3) is 0.389. The highest BCUT2D eigenvalue weighted by atomic mass is 32.2. The molecule has 0 unspecified atom stereocenters. The maximum Gasteiger partial charge on any atom is 0.244 e. The second kappa shape index (κ2) is 7.48. The molecule has 2 aromatic rings. The van der Waals surface area contributed by atoms with Crippen LogP contribution in [0.4, 0.5) is 5.82 Å². The largest absolute Gasteiger partial charge is 0.379 e. The van der Waals surface area contributed by atoms with Gasteiger partial charge in [-0.1, -0.05) is 12.1 Å². The molecule has 4 rings (SSSR count). The van der Waals surface area contributed by atoms with Crippen LogP contribution in [0.3, 0.4) is 0 Å². The minimum atomic E-state index is -3.49. The van der Waals surface area contributed by atoms with Gasteiger partial charge in [-0.25, -0.2) is 13.4 Å². The fourth-order valence-electron chi connectivity index (χ4n) is 3.21. The van der Waals surface area contributed by atoms with Crippen LogP contribution >= 0.6 is 11.3 Å². The molecule has 0 bridgehead atoms. The minimum Gasteiger partial charge on any atom is -0.379 e. The second-order valence-electron chi connectivity index (χ2n) is 6.27. The van der Waals surface area contributed by atoms with Gasteiger partial charge in [0, 0.05) is 37.3 Å². The number of pyridine rings is 1. The third-order valence-electron chi connectivity index (χ3n) is 4.70. The lowest BCUT2D eigenvalue weighted by Crippen LogP contribution is -2.40. The van der Waals surface area contributed by atoms with Crippen molar-refractivity contribution in [1.29, 1.82) is 0 Å². The normalized spacial score (nSPS) is 19.4. The Kier molecular flexibility index (Phi) is 5.08. The van der Waals surface area contributed by atoms with E-state index in [0.717, 1.165) is 25.3 Å². The molecule has 138 valence electrons. The van der Waals surface area contributed by atoms with Gasteiger partial charge in [-0.2, -0.15) is 4.31 Å². The molecule has 0 N–H and O–H groups in total. The SMILES string of the molecule is O=S(=O)(c1ccc(N2CC=C(c3cccs3)CC2)nc1)N1CCOCC1. The maximum absolute atomic E-state index is 12.7. The summed E-state index contributed by atoms with van der Waals surface area (Å²) < 4.78 is 32.0. The van der Waals surface area contributed by atoms with Crippen LogP contribution < -0.4 is 4.90 Å². The van der Waals surface area contributed by atoms with E-state index in [1.165, 1.54) is 21.0 Å². The van der Waals surface area contributed by atoms with E-state index in [0.29, 0.717) is 26.3 Å². The first-order chi connectivity index (χ1) is 12.6. The molecule has 0 aliphatic carbocycles. The van der Waals surface area contributed by atoms with Gasteiger partial charge >= 0.3 is 0 Å². The van der Waals surface area contributed by atoms with Crippen LogP contribution in [0.1, 0.15) is 11.3 Å². The predicted molar refractivity (Wildman–Crippen MR) is 103 cm³/mol. The van der Waals surface area contributed by atoms with Gasteiger partial charge in [0.1, 0.15) is 10.7 Å². The van der Waals surface area contributed by atoms with E-state index in [1.54, 1.807) is 23.5 Å². The molecule has 0 amide bonds. The maximum atomic E-state index is 12.7. The number of morpholine rings is 1. The molecule has 2 aliphatic heterocycles. The summed E-state index contributed by atoms with van der Waals surface area (Å²) in [7, 11) is -3.49. The van der Waals surface area contributed by atoms with E-state index in [-0.39, 0.29) is 4.90 Å². The van der Waals surface area contributed by atoms with Crippen LogP contribution in [0, 0.1) is 0 Å². The zero-order valence-corrected chi connectivity index (χ0v) is 16.0. The standard InChI is InChI=1S/C18H21N3O3S2/c22-26(23,21-9-11-24-12-10-21)16-3-4-18(19-14-16)20-7-5-15(6-8-20)17-2-1-13-25-17/h1-5,13-14H,6-12H2. The van der Waals surface area contributed by atoms with E-state index in [2.05, 4.69) is 33.5 Å². The molecule has 1 fully saturated rings. The highest BCUT2D eigenvalue weighted by molar-refractivity contribution is 7.89. The number of sulfonamides is 1. The van der Waals surface area contributed by atoms with E-state index in [1.807, 2.05) is 0 Å². The molecule has 2 aliphatic rings. The van der Waals surface area contributed by atoms with Crippen molar-refractivity contribution in [3.8, 4) is 0 Å². The summed E-state index contributed by atoms with van der Waals surface area (Å²) in [5, 5.41) is 2.09. The van der Waals surface area contributed by atoms with Gasteiger partial charge in [-0.15, -0.1) is 11.3 Å². The molecular weight excluding hydrogens is 370 g/mol. The van der Waals surface area contributed by atoms with Gasteiger partial charge in [-0.3, -0.25) is 0 Å². The first-order valence-electron chi connectivity index (χ1n) is 8.66. The number of rotatable bonds is 4. The molecular formula is C18H21N3O3S2. The van der Waals surface area contributed by atoms with Gasteiger partial charge in [0.05, 0.1) is 13.2 Å². The van der Waals surface area contributed by atoms with Crippen LogP contribution in [0.25, 0.3) is 5.57 Å². The van der Waals surface area contributed by atoms with E-state index >= 15 is 0 Å². The van der Waals surface area contributed by atoms with E-state index in [4.69, 9.17) is 4.74 Å². The zero-order chi connectivity index (χ0) is 18.0. The molecule has 0 aromatic carbocycles. The number of thiophene rings is 1. The molecule has 0 spiro atoms. The Bertz CT molecular complexity index is 871. The van der Waals surface area contributed by atoms with Crippen molar-refractivity contribution < 1.29 is 13.2 Å². The van der Waals surface area contributed by atoms with Crippen LogP contribution in [0.5, 0.6) is 0 Å². The summed E-state index contributed by atoms with van der Waals surface area (Å²) in [6.45, 7) is 3.34. The van der Waals surface area contributed by atoms with Crippen molar-refractivity contribution in [2.75, 3.05) is 44.3 Å². The number of hydrogen-bond donors (Lipinski definition) is 0. The lowest BCUT2D eigenvalue weighted by atomic mass is 10.1. The molecule has 1 saturated heterocycles. The van der Waals surface area contributed by atoms with Crippen molar-refractivity contribution in [3.63, 3.8) is 0 Å². The molecule has 0 saturated carbocycles. The number of anilines is 1. The molecule has 0 radical (unpaired) electrons. The number of nitrogens with zero attached hydrogens (tertiary/aromatic N) is 3. The number of hydrogen-bond acceptors (Lipinski definition) is 6. The summed E-state index contributed by atoms with van der Waals surface area (Å²) in [4.78, 5) is 8.15. The van der Waals surface area contributed by atoms with Gasteiger partial charge in [0.2, 0.25) is 10.0 Å². The van der Waals surface area contributed by atoms with Gasteiger partial charge in [0.25, 0.3) is 0 Å². The Balaban J connectivity index is 1.47. The Morgan fingerprint density at radius 2 is 1.96 bits per heavy atom. The summed E-state index contributed by atoms with van der Waals surface area (Å²) in [6, 6.07) is 7.68. The Hall–Kier alpha value is -1.74. The van der Waals surface area contributed by atoms with Gasteiger partial charge < -0.3 is 9.64 Å². The molecule has 6 nitrogen and oxygen atoms in total. The smallest absolute Gasteiger partial charge is 0.244 e. The van der Waals surface area contributed by atoms with E-state index < -0.39 is 10.0 Å². The Morgan fingerprint density at radius 1 is 1.12 bits per heavy atom. The minimum absolute atomic E-state index is 0.245. The summed E-state index contributed by atoms with van der Waals surface area (Å²) in [5.74, 6) is 0.812. The monoisotopic (exact) mass is 391 g/mol. The van der Waals surface area contributed by atoms with Crippen molar-refractivity contribution in [1.82, 2.24) is 9.29 Å². The average Bonchev–Trinajstić information content (AvgIpc) is 3.24. The summed E-state index contributed by atoms with van der Waals surface area (Å²) >= 11 is 1.76. The first-order valence-corrected chi connectivity index (χ1v) is 11.0. The third-order valence-corrected chi connectivity index (χ3v) is 7.53. The van der Waals surface area contributed by atoms with Crippen molar-refractivity contribution in [2.45, 2.75) is 11.3 Å². The van der Waals surface area contributed by atoms with Crippen molar-refractivity contribution >= 4 is 32.8 Å². The Labute approximate surface area is 157 Å². The highest BCUT2D eigenvalue weighted by Crippen LogP contribution is 2.28. The zero-order valence-electron chi connectivity index (χ0n) is 14.4. The number of ether oxygens (including phenoxy) is 1. The summed E-state index contributed by atoms with van der Waals surface area (Å²) in [6.07, 6.45) is 4.67. The van der Waals surface area contributed by atoms with Gasteiger partial charge in [-0.05, 0) is 35.6 Å². The highest BCUT2D eigenvalue weighted by Gasteiger charge is 2.27. The van der Waals surface area contributed by atoms with Crippen molar-refractivity contribution in [3.05, 3.63) is 46.8 Å². The second-order valence-corrected chi connectivity index (χ2v) is 9.16. The molecule has 0 atom stereocenters. The number of aromatic nitrogens is 1. The summed E-state index contributed by atoms with van der Waals surface area (Å²) in [5.41, 5.74) is 1.38. The fourth-order valence-corrected chi connectivity index (χ4v) is 5.36. The lowest BCUT2D eigenvalue weighted by Gasteiger charge is -2.28. The molecule has 8 heteroatoms. The van der Waals surface area contributed by atoms with Crippen LogP contribution in [0.2, 0.25) is 0 Å². The lowest BCUT2D eigenvalue weighted by molar-refractivity contribution is 0.0730. The topological polar surface area (TPSA) is 62.7 Å². The van der Waals surface area contributed by atoms with E-state index in [9.17, 15) is 8.42 Å². The first kappa shape index (κ1) is 17.7.